The van der Waals surface area contributed by atoms with Crippen molar-refractivity contribution < 1.29 is 22.0 Å². The average Bonchev–Trinajstić information content (AvgIpc) is 3.27. The predicted octanol–water partition coefficient (Wildman–Crippen LogP) is 6.03. The van der Waals surface area contributed by atoms with Crippen molar-refractivity contribution in [3.63, 3.8) is 0 Å². The zero-order valence-corrected chi connectivity index (χ0v) is 22.6. The van der Waals surface area contributed by atoms with Gasteiger partial charge in [0.25, 0.3) is 10.0 Å². The van der Waals surface area contributed by atoms with Gasteiger partial charge in [0, 0.05) is 32.4 Å². The van der Waals surface area contributed by atoms with Crippen LogP contribution in [0.25, 0.3) is 33.1 Å². The van der Waals surface area contributed by atoms with Crippen LogP contribution >= 0.6 is 34.8 Å². The smallest absolute Gasteiger partial charge is 0.340 e. The summed E-state index contributed by atoms with van der Waals surface area (Å²) in [6.07, 6.45) is 1.17. The van der Waals surface area contributed by atoms with Crippen molar-refractivity contribution in [3.05, 3.63) is 97.5 Å². The average molecular weight is 592 g/mol. The fourth-order valence-electron chi connectivity index (χ4n) is 4.04. The Morgan fingerprint density at radius 1 is 0.921 bits per heavy atom. The topological polar surface area (TPSA) is 119 Å². The van der Waals surface area contributed by atoms with Crippen molar-refractivity contribution in [2.24, 2.45) is 0 Å². The van der Waals surface area contributed by atoms with E-state index in [-0.39, 0.29) is 20.5 Å². The second kappa shape index (κ2) is 10.1. The molecule has 1 amide bonds. The monoisotopic (exact) mass is 590 g/mol. The van der Waals surface area contributed by atoms with Crippen molar-refractivity contribution >= 4 is 72.7 Å². The first kappa shape index (κ1) is 26.3. The molecular weight excluding hydrogens is 575 g/mol. The Morgan fingerprint density at radius 2 is 1.63 bits per heavy atom. The zero-order chi connectivity index (χ0) is 27.2. The molecule has 0 bridgehead atoms. The van der Waals surface area contributed by atoms with Crippen molar-refractivity contribution in [2.75, 3.05) is 0 Å². The van der Waals surface area contributed by atoms with Crippen LogP contribution in [-0.4, -0.2) is 14.3 Å². The number of amides is 1. The number of aryl methyl sites for hydroxylation is 1. The summed E-state index contributed by atoms with van der Waals surface area (Å²) in [5.74, 6) is -0.778. The van der Waals surface area contributed by atoms with Crippen LogP contribution in [0.2, 0.25) is 15.1 Å². The molecule has 2 N–H and O–H groups in total. The van der Waals surface area contributed by atoms with E-state index in [1.54, 1.807) is 31.4 Å². The summed E-state index contributed by atoms with van der Waals surface area (Å²) in [4.78, 5) is 27.0. The first-order valence-corrected chi connectivity index (χ1v) is 13.6. The summed E-state index contributed by atoms with van der Waals surface area (Å²) >= 11 is 17.8. The molecule has 38 heavy (non-hydrogen) atoms. The molecule has 194 valence electrons. The minimum atomic E-state index is -4.19. The normalized spacial score (nSPS) is 11.8. The molecule has 3 aromatic carbocycles. The Bertz CT molecular complexity index is 1900. The molecule has 0 unspecified atom stereocenters. The molecule has 0 radical (unpaired) electrons. The lowest BCUT2D eigenvalue weighted by Crippen LogP contribution is -2.42. The second-order valence-electron chi connectivity index (χ2n) is 8.40. The van der Waals surface area contributed by atoms with Gasteiger partial charge < -0.3 is 8.83 Å². The van der Waals surface area contributed by atoms with Gasteiger partial charge in [0.05, 0.1) is 23.3 Å². The molecule has 2 aromatic heterocycles. The molecule has 8 nitrogen and oxygen atoms in total. The molecule has 0 aliphatic carbocycles. The minimum Gasteiger partial charge on any atom is -0.464 e. The van der Waals surface area contributed by atoms with Crippen LogP contribution in [0.5, 0.6) is 0 Å². The van der Waals surface area contributed by atoms with E-state index in [9.17, 15) is 18.0 Å². The number of rotatable bonds is 6. The summed E-state index contributed by atoms with van der Waals surface area (Å²) in [5, 5.41) is 2.12. The third kappa shape index (κ3) is 5.03. The van der Waals surface area contributed by atoms with E-state index in [2.05, 4.69) is 5.43 Å². The summed E-state index contributed by atoms with van der Waals surface area (Å²) in [6, 6.07) is 14.5. The number of benzene rings is 3. The molecule has 0 saturated heterocycles. The van der Waals surface area contributed by atoms with E-state index >= 15 is 0 Å². The van der Waals surface area contributed by atoms with Crippen molar-refractivity contribution in [1.82, 2.24) is 10.3 Å². The van der Waals surface area contributed by atoms with Gasteiger partial charge in [-0.05, 0) is 54.4 Å². The number of hydrogen-bond acceptors (Lipinski definition) is 6. The van der Waals surface area contributed by atoms with E-state index in [0.717, 1.165) is 16.5 Å². The van der Waals surface area contributed by atoms with E-state index in [4.69, 9.17) is 43.6 Å². The lowest BCUT2D eigenvalue weighted by atomic mass is 9.99. The van der Waals surface area contributed by atoms with Gasteiger partial charge >= 0.3 is 5.63 Å². The number of halogens is 3. The molecule has 5 aromatic rings. The number of fused-ring (bicyclic) bond motifs is 2. The number of carbonyl (C=O) groups is 1. The Balaban J connectivity index is 1.44. The maximum atomic E-state index is 12.7. The third-order valence-electron chi connectivity index (χ3n) is 5.98. The van der Waals surface area contributed by atoms with Crippen LogP contribution in [0, 0.1) is 6.92 Å². The maximum Gasteiger partial charge on any atom is 0.340 e. The molecule has 2 heterocycles. The minimum absolute atomic E-state index is 0.0783. The molecule has 0 aliphatic heterocycles. The molecular formula is C26H17Cl3N2O6S. The lowest BCUT2D eigenvalue weighted by Gasteiger charge is -2.11. The van der Waals surface area contributed by atoms with Gasteiger partial charge in [0.1, 0.15) is 16.1 Å². The van der Waals surface area contributed by atoms with Gasteiger partial charge in [0.2, 0.25) is 5.91 Å². The van der Waals surface area contributed by atoms with Gasteiger partial charge in [-0.1, -0.05) is 46.9 Å². The largest absolute Gasteiger partial charge is 0.464 e. The highest BCUT2D eigenvalue weighted by atomic mass is 35.5. The quantitative estimate of drug-likeness (QED) is 0.184. The lowest BCUT2D eigenvalue weighted by molar-refractivity contribution is -0.120. The van der Waals surface area contributed by atoms with Crippen molar-refractivity contribution in [3.8, 4) is 11.1 Å². The number of furan rings is 1. The second-order valence-corrected chi connectivity index (χ2v) is 11.3. The van der Waals surface area contributed by atoms with Crippen LogP contribution in [-0.2, 0) is 21.2 Å². The molecule has 0 spiro atoms. The van der Waals surface area contributed by atoms with Crippen LogP contribution in [0.15, 0.2) is 79.4 Å². The van der Waals surface area contributed by atoms with Gasteiger partial charge in [-0.15, -0.1) is 4.83 Å². The first-order valence-electron chi connectivity index (χ1n) is 11.0. The molecule has 12 heteroatoms. The molecule has 0 atom stereocenters. The number of carbonyl (C=O) groups excluding carboxylic acids is 1. The molecule has 0 aliphatic rings. The zero-order valence-electron chi connectivity index (χ0n) is 19.5. The molecule has 5 rings (SSSR count). The fraction of sp³-hybridized carbons (Fsp3) is 0.0769. The van der Waals surface area contributed by atoms with Crippen LogP contribution < -0.4 is 15.9 Å². The van der Waals surface area contributed by atoms with Gasteiger partial charge in [0.15, 0.2) is 0 Å². The summed E-state index contributed by atoms with van der Waals surface area (Å²) in [5.41, 5.74) is 4.48. The predicted molar refractivity (Wildman–Crippen MR) is 146 cm³/mol. The highest BCUT2D eigenvalue weighted by Crippen LogP contribution is 2.35. The van der Waals surface area contributed by atoms with E-state index in [0.29, 0.717) is 27.1 Å². The molecule has 0 saturated carbocycles. The van der Waals surface area contributed by atoms with Gasteiger partial charge in [-0.25, -0.2) is 13.2 Å². The third-order valence-corrected chi connectivity index (χ3v) is 8.20. The van der Waals surface area contributed by atoms with Crippen LogP contribution in [0.4, 0.5) is 0 Å². The van der Waals surface area contributed by atoms with E-state index in [1.165, 1.54) is 18.2 Å². The SMILES string of the molecule is Cc1c(CC(=O)NNS(=O)(=O)c2ccc(Cl)cc2Cl)c(=O)oc2cc3occ(-c4ccc(Cl)cc4)c3cc12. The number of nitrogens with one attached hydrogen (secondary N) is 2. The van der Waals surface area contributed by atoms with Crippen molar-refractivity contribution in [2.45, 2.75) is 18.2 Å². The Kier molecular flexibility index (Phi) is 6.97. The number of hydrazine groups is 1. The molecule has 0 fully saturated rings. The highest BCUT2D eigenvalue weighted by molar-refractivity contribution is 7.89. The fourth-order valence-corrected chi connectivity index (χ4v) is 5.80. The maximum absolute atomic E-state index is 12.7. The number of sulfonamides is 1. The first-order chi connectivity index (χ1) is 18.0. The van der Waals surface area contributed by atoms with Gasteiger partial charge in [-0.3, -0.25) is 10.2 Å². The highest BCUT2D eigenvalue weighted by Gasteiger charge is 2.21. The van der Waals surface area contributed by atoms with E-state index < -0.39 is 28.0 Å². The Labute approximate surface area is 231 Å². The van der Waals surface area contributed by atoms with Gasteiger partial charge in [-0.2, -0.15) is 0 Å². The Morgan fingerprint density at radius 3 is 2.34 bits per heavy atom. The summed E-state index contributed by atoms with van der Waals surface area (Å²) < 4.78 is 36.3. The standard InChI is InChI=1S/C26H17Cl3N2O6S/c1-13-17-9-19-20(14-2-4-15(27)5-3-14)12-36-22(19)11-23(17)37-26(33)18(13)10-25(32)30-31-38(34,35)24-7-6-16(28)8-21(24)29/h2-9,11-12,31H,10H2,1H3,(H,30,32). The summed E-state index contributed by atoms with van der Waals surface area (Å²) in [6.45, 7) is 1.69. The van der Waals surface area contributed by atoms with Crippen molar-refractivity contribution in [1.29, 1.82) is 0 Å². The Hall–Kier alpha value is -3.34. The summed E-state index contributed by atoms with van der Waals surface area (Å²) in [7, 11) is -4.19. The van der Waals surface area contributed by atoms with Crippen LogP contribution in [0.1, 0.15) is 11.1 Å². The van der Waals surface area contributed by atoms with E-state index in [1.807, 2.05) is 23.0 Å². The van der Waals surface area contributed by atoms with Crippen LogP contribution in [0.3, 0.4) is 0 Å². The number of hydrogen-bond donors (Lipinski definition) is 2.